The Kier molecular flexibility index (Phi) is 35.6. The van der Waals surface area contributed by atoms with Crippen LogP contribution < -0.4 is 17.2 Å². The summed E-state index contributed by atoms with van der Waals surface area (Å²) < 4.78 is 10.2. The second-order valence-electron chi connectivity index (χ2n) is 32.6. The van der Waals surface area contributed by atoms with Gasteiger partial charge in [-0.1, -0.05) is 316 Å². The van der Waals surface area contributed by atoms with Crippen molar-refractivity contribution in [3.8, 4) is 0 Å². The number of rotatable bonds is 30. The number of carbonyl (C=O) groups excluding carboxylic acids is 5. The Morgan fingerprint density at radius 3 is 1.08 bits per heavy atom. The summed E-state index contributed by atoms with van der Waals surface area (Å²) in [4.78, 5) is 72.9. The fraction of sp³-hybridized carbons (Fsp3) is 0.364. The third-order valence-electron chi connectivity index (χ3n) is 24.4. The molecule has 5 amide bonds. The highest BCUT2D eigenvalue weighted by atomic mass is 79.9. The van der Waals surface area contributed by atoms with Crippen LogP contribution in [-0.4, -0.2) is 233 Å². The highest BCUT2D eigenvalue weighted by Crippen LogP contribution is 2.47. The molecular weight excluding hydrogens is 1660 g/mol. The van der Waals surface area contributed by atoms with Gasteiger partial charge in [-0.25, -0.2) is 9.26 Å². The number of amides is 5. The van der Waals surface area contributed by atoms with E-state index in [1.165, 1.54) is 15.0 Å². The lowest BCUT2D eigenvalue weighted by Gasteiger charge is -2.43. The van der Waals surface area contributed by atoms with Crippen LogP contribution in [0.5, 0.6) is 0 Å². The molecule has 0 radical (unpaired) electrons. The molecule has 0 aliphatic carbocycles. The number of ether oxygens (including phenoxy) is 1. The molecule has 7 N–H and O–H groups in total. The van der Waals surface area contributed by atoms with E-state index in [0.29, 0.717) is 24.5 Å². The number of carbonyl (C=O) groups is 5. The molecule has 12 aromatic rings. The molecule has 28 heteroatoms. The maximum Gasteiger partial charge on any atom is 0.324 e. The zero-order chi connectivity index (χ0) is 87.6. The van der Waals surface area contributed by atoms with Gasteiger partial charge in [-0.05, 0) is 158 Å². The maximum atomic E-state index is 14.1. The fourth-order valence-electron chi connectivity index (χ4n) is 18.0. The molecule has 9 aromatic carbocycles. The minimum atomic E-state index is -0.814. The van der Waals surface area contributed by atoms with Gasteiger partial charge in [-0.3, -0.25) is 24.0 Å². The Hall–Kier alpha value is -12.6. The van der Waals surface area contributed by atoms with Gasteiger partial charge in [0.1, 0.15) is 38.0 Å². The minimum absolute atomic E-state index is 0. The van der Waals surface area contributed by atoms with Gasteiger partial charge in [0.05, 0.1) is 21.6 Å². The van der Waals surface area contributed by atoms with Crippen molar-refractivity contribution in [3.05, 3.63) is 341 Å². The van der Waals surface area contributed by atoms with Gasteiger partial charge >= 0.3 is 6.40 Å². The molecule has 0 unspecified atom stereocenters. The second-order valence-corrected chi connectivity index (χ2v) is 33.2. The van der Waals surface area contributed by atoms with Crippen molar-refractivity contribution in [2.24, 2.45) is 17.2 Å². The van der Waals surface area contributed by atoms with E-state index in [-0.39, 0.29) is 63.8 Å². The molecule has 27 nitrogen and oxygen atoms in total. The molecule has 15 rings (SSSR count). The molecule has 3 aromatic heterocycles. The van der Waals surface area contributed by atoms with Gasteiger partial charge in [0, 0.05) is 52.3 Å². The van der Waals surface area contributed by atoms with E-state index in [9.17, 15) is 24.0 Å². The van der Waals surface area contributed by atoms with Crippen LogP contribution in [-0.2, 0) is 74.5 Å². The predicted octanol–water partition coefficient (Wildman–Crippen LogP) is 12.0. The number of alkyl halides is 1. The van der Waals surface area contributed by atoms with Crippen molar-refractivity contribution >= 4 is 51.9 Å². The molecule has 3 aliphatic heterocycles. The average molecular weight is 1790 g/mol. The van der Waals surface area contributed by atoms with Crippen molar-refractivity contribution in [2.75, 3.05) is 107 Å². The van der Waals surface area contributed by atoms with Gasteiger partial charge in [0.2, 0.25) is 29.5 Å². The number of aromatic nitrogens is 12. The number of tetrazole rings is 3. The number of hydrogen-bond donors (Lipinski definition) is 4. The summed E-state index contributed by atoms with van der Waals surface area (Å²) in [6.45, 7) is 7.30. The highest BCUT2D eigenvalue weighted by molar-refractivity contribution is 9.09. The zero-order valence-corrected chi connectivity index (χ0v) is 73.2. The topological polar surface area (TPSA) is 334 Å². The molecule has 0 atom stereocenters. The van der Waals surface area contributed by atoms with E-state index in [4.69, 9.17) is 16.2 Å². The standard InChI is InChI=1S/2C32H37N7O2.C30H34N6O.C2H4BrNO.3CH4/c1-37(2)25-41-32(27-14-8-4-9-15-27,28-16-10-5-11-17-28)20-23-38-21-18-31(19-22-38,26-12-6-3-7-13-26)30-34-36-39(35-30)24-29(33)40;1-37(2)30(41)32(26-14-8-4-9-15-26,27-16-10-5-11-17-27)20-23-38-21-18-31(19-22-38,25-12-6-3-7-13-25)29-34-35-36-39(29)24-28(33)40;1-35(2)28(37)30(25-14-8-4-9-15-25,26-16-10-5-11-17-26)20-23-36-21-18-29(19-22-36,27-31-33-34-32-27)24-12-6-3-7-13-24;3-1-2(4)5;;;/h3-17,25H,18-24H2,1-2H3,(H-,33,40);3-17H,18-24H2,1-2H3,(H2,33,40);3-17H,18-23H2,1-2H3,(H,31,32,33,34);1H2,(H2,4,5);3*1H4/p+1. The van der Waals surface area contributed by atoms with Gasteiger partial charge in [-0.15, -0.1) is 25.5 Å². The average Bonchev–Trinajstić information content (AvgIpc) is 1.63. The largest absolute Gasteiger partial charge is 0.434 e. The Balaban J connectivity index is 0.000000207. The number of benzene rings is 9. The van der Waals surface area contributed by atoms with Crippen LogP contribution in [0.25, 0.3) is 0 Å². The van der Waals surface area contributed by atoms with Gasteiger partial charge < -0.3 is 46.4 Å². The van der Waals surface area contributed by atoms with Crippen molar-refractivity contribution in [3.63, 3.8) is 0 Å². The number of primary amides is 3. The summed E-state index contributed by atoms with van der Waals surface area (Å²) in [6.07, 6.45) is 8.87. The van der Waals surface area contributed by atoms with Crippen LogP contribution in [0, 0.1) is 0 Å². The van der Waals surface area contributed by atoms with Crippen LogP contribution >= 0.6 is 15.9 Å². The van der Waals surface area contributed by atoms with Crippen molar-refractivity contribution < 1.29 is 33.3 Å². The molecular formula is C99H125BrN21O6+. The zero-order valence-electron chi connectivity index (χ0n) is 71.6. The monoisotopic (exact) mass is 1780 g/mol. The molecule has 6 heterocycles. The molecule has 3 saturated heterocycles. The third kappa shape index (κ3) is 23.0. The van der Waals surface area contributed by atoms with E-state index >= 15 is 0 Å². The maximum absolute atomic E-state index is 14.1. The second kappa shape index (κ2) is 46.0. The van der Waals surface area contributed by atoms with Crippen molar-refractivity contribution in [1.29, 1.82) is 0 Å². The number of aromatic amines is 1. The molecule has 0 bridgehead atoms. The van der Waals surface area contributed by atoms with Crippen LogP contribution in [0.15, 0.2) is 273 Å². The molecule has 3 fully saturated rings. The summed E-state index contributed by atoms with van der Waals surface area (Å²) in [5.41, 5.74) is 22.0. The third-order valence-corrected chi connectivity index (χ3v) is 24.9. The lowest BCUT2D eigenvalue weighted by Crippen LogP contribution is -2.49. The Morgan fingerprint density at radius 1 is 0.433 bits per heavy atom. The fourth-order valence-corrected chi connectivity index (χ4v) is 18.0. The first-order chi connectivity index (χ1) is 60.1. The first-order valence-corrected chi connectivity index (χ1v) is 43.2. The number of likely N-dealkylation sites (tertiary alicyclic amines) is 3. The van der Waals surface area contributed by atoms with E-state index in [1.807, 2.05) is 174 Å². The van der Waals surface area contributed by atoms with Crippen LogP contribution in [0.4, 0.5) is 0 Å². The van der Waals surface area contributed by atoms with Crippen molar-refractivity contribution in [1.82, 2.24) is 85.5 Å². The number of H-pyrrole nitrogens is 1. The van der Waals surface area contributed by atoms with E-state index in [1.54, 1.807) is 16.2 Å². The number of nitrogens with zero attached hydrogens (tertiary/aromatic N) is 17. The van der Waals surface area contributed by atoms with Crippen LogP contribution in [0.3, 0.4) is 0 Å². The smallest absolute Gasteiger partial charge is 0.324 e. The number of halogens is 1. The van der Waals surface area contributed by atoms with Gasteiger partial charge in [0.15, 0.2) is 23.1 Å². The number of piperidine rings is 3. The summed E-state index contributed by atoms with van der Waals surface area (Å²) in [6, 6.07) is 92.7. The Morgan fingerprint density at radius 2 is 0.756 bits per heavy atom. The lowest BCUT2D eigenvalue weighted by molar-refractivity contribution is -0.470. The predicted molar refractivity (Wildman–Crippen MR) is 502 cm³/mol. The SMILES string of the molecule is C.C.C.CN(C)C(=O)C(CCN1CCC(c2ccccc2)(c2nn[nH]n2)CC1)(c1ccccc1)c1ccccc1.CN(C)C(=O)C(CCN1CCC(c2ccccc2)(c2nnnn2CC(N)=O)CC1)(c1ccccc1)c1ccccc1.C[N+](C)=COC(CCN1CCC(c2ccccc2)(c2nnn(CC(N)=O)n2)CC1)(c1ccccc1)c1ccccc1.NC(=O)CBr. The summed E-state index contributed by atoms with van der Waals surface area (Å²) in [5, 5.41) is 41.1. The normalized spacial score (nSPS) is 14.8. The number of nitrogens with two attached hydrogens (primary N) is 3. The molecule has 3 aliphatic rings. The van der Waals surface area contributed by atoms with E-state index in [0.717, 1.165) is 154 Å². The summed E-state index contributed by atoms with van der Waals surface area (Å²) >= 11 is 2.84. The molecule has 0 spiro atoms. The van der Waals surface area contributed by atoms with E-state index < -0.39 is 39.1 Å². The number of nitrogens with one attached hydrogen (secondary N) is 1. The first-order valence-electron chi connectivity index (χ1n) is 42.1. The molecule has 0 saturated carbocycles. The Labute approximate surface area is 756 Å². The minimum Gasteiger partial charge on any atom is -0.434 e. The molecule has 127 heavy (non-hydrogen) atoms. The first kappa shape index (κ1) is 98.2. The van der Waals surface area contributed by atoms with Crippen LogP contribution in [0.1, 0.15) is 148 Å². The van der Waals surface area contributed by atoms with E-state index in [2.05, 4.69) is 234 Å². The van der Waals surface area contributed by atoms with Gasteiger partial charge in [0.25, 0.3) is 0 Å². The summed E-state index contributed by atoms with van der Waals surface area (Å²) in [7, 11) is 11.3. The highest BCUT2D eigenvalue weighted by Gasteiger charge is 2.49. The van der Waals surface area contributed by atoms with Gasteiger partial charge in [-0.2, -0.15) is 10.0 Å². The number of likely N-dealkylation sites (N-methyl/N-ethyl adjacent to an activating group) is 2. The number of hydrogen-bond acceptors (Lipinski definition) is 18. The quantitative estimate of drug-likeness (QED) is 0.0141. The van der Waals surface area contributed by atoms with Crippen LogP contribution in [0.2, 0.25) is 0 Å². The lowest BCUT2D eigenvalue weighted by atomic mass is 9.70. The molecule has 668 valence electrons. The summed E-state index contributed by atoms with van der Waals surface area (Å²) in [5.74, 6) is 0.913. The van der Waals surface area contributed by atoms with Crippen molar-refractivity contribution in [2.45, 2.75) is 126 Å². The Bertz CT molecular complexity index is 5230.